The van der Waals surface area contributed by atoms with Crippen molar-refractivity contribution in [3.05, 3.63) is 44.9 Å². The number of nitrogens with zero attached hydrogens (tertiary/aromatic N) is 3. The number of allylic oxidation sites excluding steroid dienone is 2. The summed E-state index contributed by atoms with van der Waals surface area (Å²) in [5.74, 6) is -0.787. The third kappa shape index (κ3) is 3.69. The van der Waals surface area contributed by atoms with Gasteiger partial charge in [0.2, 0.25) is 12.6 Å². The molecule has 0 saturated carbocycles. The van der Waals surface area contributed by atoms with Gasteiger partial charge in [-0.25, -0.2) is 0 Å². The standard InChI is InChI=1S/C30H29N3O9/c1-12-25(36)16-7-18-20(9-31)33-19(24(32(18)5)23(16)26(37)28(12)38-6)8-17-22(21(33)10-39-14(3)34)30-29(40-11-41-30)13(2)27(17)42-15(4)35/h8,18,20-21,24H,7,10-11H2,1-6H3/t18-,20-,21-,24-/m0/s1. The minimum absolute atomic E-state index is 0.0207. The van der Waals surface area contributed by atoms with Crippen LogP contribution in [0.3, 0.4) is 0 Å². The summed E-state index contributed by atoms with van der Waals surface area (Å²) >= 11 is 0. The second-order valence-electron chi connectivity index (χ2n) is 10.9. The monoisotopic (exact) mass is 575 g/mol. The summed E-state index contributed by atoms with van der Waals surface area (Å²) in [4.78, 5) is 55.5. The van der Waals surface area contributed by atoms with E-state index in [1.54, 1.807) is 19.9 Å². The Bertz CT molecular complexity index is 1630. The quantitative estimate of drug-likeness (QED) is 0.295. The lowest BCUT2D eigenvalue weighted by Crippen LogP contribution is -2.66. The average molecular weight is 576 g/mol. The third-order valence-electron chi connectivity index (χ3n) is 8.65. The molecule has 5 aliphatic rings. The van der Waals surface area contributed by atoms with Gasteiger partial charge in [-0.2, -0.15) is 5.26 Å². The fraction of sp³-hybridized carbons (Fsp3) is 0.433. The van der Waals surface area contributed by atoms with Crippen molar-refractivity contribution in [2.24, 2.45) is 0 Å². The molecule has 0 spiro atoms. The molecule has 0 radical (unpaired) electrons. The number of benzene rings is 1. The first-order chi connectivity index (χ1) is 20.0. The topological polar surface area (TPSA) is 145 Å². The van der Waals surface area contributed by atoms with Crippen molar-refractivity contribution in [2.75, 3.05) is 27.6 Å². The normalized spacial score (nSPS) is 25.7. The highest BCUT2D eigenvalue weighted by Gasteiger charge is 2.56. The van der Waals surface area contributed by atoms with Gasteiger partial charge in [-0.05, 0) is 33.4 Å². The Morgan fingerprint density at radius 1 is 1.12 bits per heavy atom. The predicted molar refractivity (Wildman–Crippen MR) is 144 cm³/mol. The van der Waals surface area contributed by atoms with Crippen molar-refractivity contribution in [2.45, 2.75) is 58.3 Å². The molecule has 4 heterocycles. The van der Waals surface area contributed by atoms with E-state index < -0.39 is 41.9 Å². The van der Waals surface area contributed by atoms with E-state index in [0.29, 0.717) is 39.5 Å². The number of nitriles is 1. The summed E-state index contributed by atoms with van der Waals surface area (Å²) < 4.78 is 28.3. The molecule has 12 nitrogen and oxygen atoms in total. The summed E-state index contributed by atoms with van der Waals surface area (Å²) in [5, 5.41) is 10.6. The van der Waals surface area contributed by atoms with Crippen LogP contribution in [0.5, 0.6) is 17.2 Å². The molecule has 1 aromatic carbocycles. The number of methoxy groups -OCH3 is 1. The maximum absolute atomic E-state index is 13.9. The van der Waals surface area contributed by atoms with E-state index >= 15 is 0 Å². The number of fused-ring (bicyclic) bond motifs is 8. The molecule has 0 unspecified atom stereocenters. The summed E-state index contributed by atoms with van der Waals surface area (Å²) in [5.41, 5.74) is 2.90. The number of carbonyl (C=O) groups excluding carboxylic acids is 4. The number of likely N-dealkylation sites (N-methyl/N-ethyl adjacent to an activating group) is 1. The van der Waals surface area contributed by atoms with Crippen molar-refractivity contribution in [1.29, 1.82) is 5.26 Å². The molecule has 4 aliphatic heterocycles. The van der Waals surface area contributed by atoms with Gasteiger partial charge in [-0.15, -0.1) is 0 Å². The molecular formula is C30H29N3O9. The van der Waals surface area contributed by atoms with E-state index in [0.717, 1.165) is 0 Å². The number of ketones is 2. The van der Waals surface area contributed by atoms with Gasteiger partial charge in [0, 0.05) is 59.0 Å². The largest absolute Gasteiger partial charge is 0.492 e. The Morgan fingerprint density at radius 3 is 2.48 bits per heavy atom. The van der Waals surface area contributed by atoms with Crippen LogP contribution in [0.15, 0.2) is 28.2 Å². The fourth-order valence-electron chi connectivity index (χ4n) is 6.92. The zero-order chi connectivity index (χ0) is 30.2. The number of hydrogen-bond acceptors (Lipinski definition) is 12. The Kier molecular flexibility index (Phi) is 6.38. The molecule has 1 aromatic rings. The second kappa shape index (κ2) is 9.73. The number of hydrogen-bond donors (Lipinski definition) is 0. The maximum Gasteiger partial charge on any atom is 0.308 e. The Labute approximate surface area is 241 Å². The van der Waals surface area contributed by atoms with E-state index in [9.17, 15) is 24.4 Å². The molecule has 1 fully saturated rings. The van der Waals surface area contributed by atoms with Gasteiger partial charge in [-0.1, -0.05) is 0 Å². The molecule has 0 aromatic heterocycles. The summed E-state index contributed by atoms with van der Waals surface area (Å²) in [6.07, 6.45) is 1.93. The highest BCUT2D eigenvalue weighted by atomic mass is 16.7. The number of rotatable bonds is 4. The van der Waals surface area contributed by atoms with Crippen LogP contribution in [-0.2, 0) is 28.7 Å². The van der Waals surface area contributed by atoms with Crippen LogP contribution in [-0.4, -0.2) is 79.0 Å². The number of esters is 2. The van der Waals surface area contributed by atoms with E-state index in [-0.39, 0.29) is 48.3 Å². The summed E-state index contributed by atoms with van der Waals surface area (Å²) in [6.45, 7) is 5.63. The van der Waals surface area contributed by atoms with E-state index in [4.69, 9.17) is 23.7 Å². The molecule has 42 heavy (non-hydrogen) atoms. The third-order valence-corrected chi connectivity index (χ3v) is 8.65. The van der Waals surface area contributed by atoms with Crippen LogP contribution in [0.4, 0.5) is 0 Å². The highest BCUT2D eigenvalue weighted by Crippen LogP contribution is 2.56. The Balaban J connectivity index is 1.66. The van der Waals surface area contributed by atoms with Crippen LogP contribution < -0.4 is 14.2 Å². The van der Waals surface area contributed by atoms with Crippen molar-refractivity contribution >= 4 is 29.6 Å². The second-order valence-corrected chi connectivity index (χ2v) is 10.9. The minimum Gasteiger partial charge on any atom is -0.492 e. The SMILES string of the molecule is COC1=C(C)C(=O)C2=C(C1=O)[C@@H]1C3=Cc4c(OC(C)=O)c(C)c5c(c4[C@H](COC(C)=O)N3[C@@H](C#N)[C@H](C2)N1C)OCO5. The number of ether oxygens (including phenoxy) is 5. The van der Waals surface area contributed by atoms with Gasteiger partial charge in [-0.3, -0.25) is 24.1 Å². The lowest BCUT2D eigenvalue weighted by Gasteiger charge is -2.57. The Morgan fingerprint density at radius 2 is 1.83 bits per heavy atom. The molecule has 0 N–H and O–H groups in total. The predicted octanol–water partition coefficient (Wildman–Crippen LogP) is 2.26. The van der Waals surface area contributed by atoms with Gasteiger partial charge < -0.3 is 28.6 Å². The van der Waals surface area contributed by atoms with E-state index in [1.807, 2.05) is 16.8 Å². The van der Waals surface area contributed by atoms with Gasteiger partial charge in [0.15, 0.2) is 23.0 Å². The molecule has 6 rings (SSSR count). The smallest absolute Gasteiger partial charge is 0.308 e. The molecule has 2 bridgehead atoms. The van der Waals surface area contributed by atoms with Crippen LogP contribution in [0.25, 0.3) is 6.08 Å². The van der Waals surface area contributed by atoms with Gasteiger partial charge in [0.1, 0.15) is 18.4 Å². The number of Topliss-reactive ketones (excluding diaryl/α,β-unsaturated/α-hetero) is 2. The molecule has 1 saturated heterocycles. The van der Waals surface area contributed by atoms with E-state index in [1.165, 1.54) is 21.0 Å². The molecular weight excluding hydrogens is 546 g/mol. The van der Waals surface area contributed by atoms with Crippen LogP contribution in [0.2, 0.25) is 0 Å². The lowest BCUT2D eigenvalue weighted by molar-refractivity contribution is -0.143. The summed E-state index contributed by atoms with van der Waals surface area (Å²) in [6, 6.07) is -0.402. The highest BCUT2D eigenvalue weighted by molar-refractivity contribution is 6.25. The van der Waals surface area contributed by atoms with Gasteiger partial charge in [0.05, 0.1) is 25.3 Å². The minimum atomic E-state index is -0.812. The zero-order valence-corrected chi connectivity index (χ0v) is 24.0. The Hall–Kier alpha value is -4.63. The van der Waals surface area contributed by atoms with E-state index in [2.05, 4.69) is 6.07 Å². The molecule has 4 atom stereocenters. The van der Waals surface area contributed by atoms with Crippen molar-refractivity contribution in [3.63, 3.8) is 0 Å². The van der Waals surface area contributed by atoms with Crippen LogP contribution in [0.1, 0.15) is 49.9 Å². The zero-order valence-electron chi connectivity index (χ0n) is 24.0. The van der Waals surface area contributed by atoms with Crippen LogP contribution >= 0.6 is 0 Å². The molecule has 0 amide bonds. The summed E-state index contributed by atoms with van der Waals surface area (Å²) in [7, 11) is 3.16. The number of carbonyl (C=O) groups is 4. The van der Waals surface area contributed by atoms with Crippen molar-refractivity contribution in [3.8, 4) is 23.3 Å². The van der Waals surface area contributed by atoms with Crippen molar-refractivity contribution < 1.29 is 42.9 Å². The first-order valence-electron chi connectivity index (χ1n) is 13.5. The average Bonchev–Trinajstić information content (AvgIpc) is 3.43. The first-order valence-corrected chi connectivity index (χ1v) is 13.5. The first kappa shape index (κ1) is 27.5. The molecule has 12 heteroatoms. The van der Waals surface area contributed by atoms with Gasteiger partial charge in [0.25, 0.3) is 0 Å². The van der Waals surface area contributed by atoms with Crippen molar-refractivity contribution in [1.82, 2.24) is 9.80 Å². The van der Waals surface area contributed by atoms with Gasteiger partial charge >= 0.3 is 11.9 Å². The lowest BCUT2D eigenvalue weighted by atomic mass is 9.71. The molecule has 218 valence electrons. The maximum atomic E-state index is 13.9. The molecule has 1 aliphatic carbocycles. The number of piperazine rings is 1. The fourth-order valence-corrected chi connectivity index (χ4v) is 6.92. The van der Waals surface area contributed by atoms with Crippen LogP contribution in [0, 0.1) is 18.3 Å².